The number of rotatable bonds is 56. The second kappa shape index (κ2) is 54.7. The van der Waals surface area contributed by atoms with Crippen LogP contribution in [0.5, 0.6) is 0 Å². The van der Waals surface area contributed by atoms with Crippen molar-refractivity contribution in [3.05, 3.63) is 0 Å². The number of hydrogen-bond acceptors (Lipinski definition) is 6. The molecule has 0 rings (SSSR count). The van der Waals surface area contributed by atoms with Gasteiger partial charge in [-0.2, -0.15) is 0 Å². The lowest BCUT2D eigenvalue weighted by Crippen LogP contribution is -2.30. The maximum atomic E-state index is 12.9. The van der Waals surface area contributed by atoms with Crippen molar-refractivity contribution in [2.75, 3.05) is 13.2 Å². The quantitative estimate of drug-likeness (QED) is 0.0343. The highest BCUT2D eigenvalue weighted by atomic mass is 16.6. The Balaban J connectivity index is 4.25. The Morgan fingerprint density at radius 1 is 0.279 bits per heavy atom. The Morgan fingerprint density at radius 2 is 0.485 bits per heavy atom. The van der Waals surface area contributed by atoms with Crippen LogP contribution in [0.2, 0.25) is 0 Å². The SMILES string of the molecule is CCCCCCCCCCCCCCCCCCCCCC(=O)O[C@H](COC(=O)CCCCCCCCCCCCCCCCCCC(C)C)COC(=O)CCCCCCCCCCCC(C)C. The highest BCUT2D eigenvalue weighted by Crippen LogP contribution is 2.19. The van der Waals surface area contributed by atoms with Crippen LogP contribution in [0.1, 0.15) is 349 Å². The van der Waals surface area contributed by atoms with E-state index in [1.807, 2.05) is 0 Å². The van der Waals surface area contributed by atoms with Gasteiger partial charge in [0.05, 0.1) is 0 Å². The standard InChI is InChI=1S/C62H120O6/c1-6-7-8-9-10-11-12-13-14-15-16-17-22-25-28-33-39-44-49-54-62(65)68-59(56-67-61(64)53-48-43-38-34-29-31-36-41-46-51-58(4)5)55-66-60(63)52-47-42-37-32-27-24-21-19-18-20-23-26-30-35-40-45-50-57(2)3/h57-59H,6-56H2,1-5H3/t59-/m1/s1. The van der Waals surface area contributed by atoms with E-state index in [1.54, 1.807) is 0 Å². The lowest BCUT2D eigenvalue weighted by molar-refractivity contribution is -0.167. The molecule has 0 aromatic rings. The first-order chi connectivity index (χ1) is 33.2. The van der Waals surface area contributed by atoms with Gasteiger partial charge in [-0.05, 0) is 31.1 Å². The lowest BCUT2D eigenvalue weighted by atomic mass is 10.0. The van der Waals surface area contributed by atoms with E-state index in [-0.39, 0.29) is 31.1 Å². The Kier molecular flexibility index (Phi) is 53.5. The van der Waals surface area contributed by atoms with Gasteiger partial charge >= 0.3 is 17.9 Å². The molecule has 0 aromatic heterocycles. The Labute approximate surface area is 425 Å². The van der Waals surface area contributed by atoms with Gasteiger partial charge in [0.1, 0.15) is 13.2 Å². The van der Waals surface area contributed by atoms with Gasteiger partial charge in [0.2, 0.25) is 0 Å². The third-order valence-electron chi connectivity index (χ3n) is 14.2. The summed E-state index contributed by atoms with van der Waals surface area (Å²) in [7, 11) is 0. The molecule has 0 bridgehead atoms. The van der Waals surface area contributed by atoms with Crippen LogP contribution in [0.4, 0.5) is 0 Å². The second-order valence-corrected chi connectivity index (χ2v) is 22.3. The molecule has 0 aliphatic rings. The van der Waals surface area contributed by atoms with Crippen molar-refractivity contribution in [1.29, 1.82) is 0 Å². The molecule has 0 heterocycles. The van der Waals surface area contributed by atoms with Crippen molar-refractivity contribution in [3.63, 3.8) is 0 Å². The maximum Gasteiger partial charge on any atom is 0.306 e. The summed E-state index contributed by atoms with van der Waals surface area (Å²) >= 11 is 0. The molecule has 1 atom stereocenters. The Bertz CT molecular complexity index is 1040. The van der Waals surface area contributed by atoms with E-state index in [0.717, 1.165) is 69.6 Å². The van der Waals surface area contributed by atoms with Gasteiger partial charge < -0.3 is 14.2 Å². The van der Waals surface area contributed by atoms with E-state index in [4.69, 9.17) is 14.2 Å². The summed E-state index contributed by atoms with van der Waals surface area (Å²) in [4.78, 5) is 38.2. The van der Waals surface area contributed by atoms with Gasteiger partial charge in [-0.1, -0.05) is 311 Å². The minimum Gasteiger partial charge on any atom is -0.462 e. The molecule has 0 saturated carbocycles. The summed E-state index contributed by atoms with van der Waals surface area (Å²) < 4.78 is 16.9. The van der Waals surface area contributed by atoms with Crippen LogP contribution in [0, 0.1) is 11.8 Å². The van der Waals surface area contributed by atoms with Gasteiger partial charge in [0.15, 0.2) is 6.10 Å². The van der Waals surface area contributed by atoms with Crippen LogP contribution < -0.4 is 0 Å². The van der Waals surface area contributed by atoms with E-state index in [2.05, 4.69) is 34.6 Å². The van der Waals surface area contributed by atoms with Gasteiger partial charge in [-0.15, -0.1) is 0 Å². The molecule has 0 saturated heterocycles. The molecule has 0 unspecified atom stereocenters. The number of hydrogen-bond donors (Lipinski definition) is 0. The zero-order chi connectivity index (χ0) is 49.6. The molecule has 6 heteroatoms. The number of ether oxygens (including phenoxy) is 3. The van der Waals surface area contributed by atoms with Crippen molar-refractivity contribution in [2.24, 2.45) is 11.8 Å². The largest absolute Gasteiger partial charge is 0.462 e. The first-order valence-corrected chi connectivity index (χ1v) is 30.7. The molecule has 404 valence electrons. The van der Waals surface area contributed by atoms with Gasteiger partial charge in [0, 0.05) is 19.3 Å². The molecule has 0 aliphatic carbocycles. The number of carbonyl (C=O) groups excluding carboxylic acids is 3. The van der Waals surface area contributed by atoms with Crippen LogP contribution in [-0.4, -0.2) is 37.2 Å². The minimum absolute atomic E-state index is 0.0625. The van der Waals surface area contributed by atoms with Gasteiger partial charge in [-0.3, -0.25) is 14.4 Å². The summed E-state index contributed by atoms with van der Waals surface area (Å²) in [5.41, 5.74) is 0. The predicted octanol–water partition coefficient (Wildman–Crippen LogP) is 20.4. The fourth-order valence-electron chi connectivity index (χ4n) is 9.58. The zero-order valence-corrected chi connectivity index (χ0v) is 46.7. The van der Waals surface area contributed by atoms with Crippen LogP contribution in [0.25, 0.3) is 0 Å². The molecule has 0 N–H and O–H groups in total. The summed E-state index contributed by atoms with van der Waals surface area (Å²) in [6, 6.07) is 0. The van der Waals surface area contributed by atoms with E-state index in [1.165, 1.54) is 238 Å². The molecule has 0 fully saturated rings. The zero-order valence-electron chi connectivity index (χ0n) is 46.7. The lowest BCUT2D eigenvalue weighted by Gasteiger charge is -2.18. The van der Waals surface area contributed by atoms with Crippen molar-refractivity contribution < 1.29 is 28.6 Å². The molecule has 0 spiro atoms. The summed E-state index contributed by atoms with van der Waals surface area (Å²) in [6.45, 7) is 11.4. The Hall–Kier alpha value is -1.59. The first kappa shape index (κ1) is 66.4. The third kappa shape index (κ3) is 55.3. The highest BCUT2D eigenvalue weighted by Gasteiger charge is 2.19. The molecule has 0 aromatic carbocycles. The van der Waals surface area contributed by atoms with E-state index in [0.29, 0.717) is 19.3 Å². The maximum absolute atomic E-state index is 12.9. The van der Waals surface area contributed by atoms with Crippen LogP contribution in [0.15, 0.2) is 0 Å². The number of carbonyl (C=O) groups is 3. The molecule has 0 amide bonds. The van der Waals surface area contributed by atoms with Crippen molar-refractivity contribution in [2.45, 2.75) is 355 Å². The molecular formula is C62H120O6. The monoisotopic (exact) mass is 961 g/mol. The molecule has 6 nitrogen and oxygen atoms in total. The summed E-state index contributed by atoms with van der Waals surface area (Å²) in [5.74, 6) is 0.825. The summed E-state index contributed by atoms with van der Waals surface area (Å²) in [6.07, 6.45) is 59.6. The molecular weight excluding hydrogens is 841 g/mol. The van der Waals surface area contributed by atoms with E-state index in [9.17, 15) is 14.4 Å². The van der Waals surface area contributed by atoms with E-state index >= 15 is 0 Å². The number of esters is 3. The average molecular weight is 962 g/mol. The fraction of sp³-hybridized carbons (Fsp3) is 0.952. The van der Waals surface area contributed by atoms with Crippen LogP contribution >= 0.6 is 0 Å². The minimum atomic E-state index is -0.763. The third-order valence-corrected chi connectivity index (χ3v) is 14.2. The fourth-order valence-corrected chi connectivity index (χ4v) is 9.58. The van der Waals surface area contributed by atoms with E-state index < -0.39 is 6.10 Å². The van der Waals surface area contributed by atoms with Crippen LogP contribution in [-0.2, 0) is 28.6 Å². The summed E-state index contributed by atoms with van der Waals surface area (Å²) in [5, 5.41) is 0. The van der Waals surface area contributed by atoms with Crippen molar-refractivity contribution in [1.82, 2.24) is 0 Å². The predicted molar refractivity (Wildman–Crippen MR) is 293 cm³/mol. The highest BCUT2D eigenvalue weighted by molar-refractivity contribution is 5.71. The normalized spacial score (nSPS) is 12.0. The Morgan fingerprint density at radius 3 is 0.721 bits per heavy atom. The average Bonchev–Trinajstić information content (AvgIpc) is 3.31. The van der Waals surface area contributed by atoms with Crippen molar-refractivity contribution >= 4 is 17.9 Å². The topological polar surface area (TPSA) is 78.9 Å². The van der Waals surface area contributed by atoms with Gasteiger partial charge in [-0.25, -0.2) is 0 Å². The number of unbranched alkanes of at least 4 members (excludes halogenated alkanes) is 41. The smallest absolute Gasteiger partial charge is 0.306 e. The van der Waals surface area contributed by atoms with Gasteiger partial charge in [0.25, 0.3) is 0 Å². The van der Waals surface area contributed by atoms with Crippen LogP contribution in [0.3, 0.4) is 0 Å². The molecule has 0 aliphatic heterocycles. The second-order valence-electron chi connectivity index (χ2n) is 22.3. The molecule has 0 radical (unpaired) electrons. The molecule has 68 heavy (non-hydrogen) atoms. The first-order valence-electron chi connectivity index (χ1n) is 30.7. The van der Waals surface area contributed by atoms with Crippen molar-refractivity contribution in [3.8, 4) is 0 Å².